The number of aryl methyl sites for hydroxylation is 1. The van der Waals surface area contributed by atoms with Crippen LogP contribution < -0.4 is 10.2 Å². The van der Waals surface area contributed by atoms with Gasteiger partial charge >= 0.3 is 0 Å². The van der Waals surface area contributed by atoms with Crippen molar-refractivity contribution in [2.75, 3.05) is 24.5 Å². The van der Waals surface area contributed by atoms with Crippen LogP contribution in [0.1, 0.15) is 64.7 Å². The number of hydrogen-bond donors (Lipinski definition) is 1. The zero-order valence-electron chi connectivity index (χ0n) is 16.6. The molecule has 1 aliphatic rings. The Kier molecular flexibility index (Phi) is 7.30. The average molecular weight is 358 g/mol. The van der Waals surface area contributed by atoms with Crippen molar-refractivity contribution in [3.8, 4) is 0 Å². The Morgan fingerprint density at radius 1 is 1.04 bits per heavy atom. The first-order chi connectivity index (χ1) is 12.8. The number of hydrogen-bond acceptors (Lipinski definition) is 4. The predicted molar refractivity (Wildman–Crippen MR) is 110 cm³/mol. The fraction of sp³-hybridized carbons (Fsp3) is 0.714. The van der Waals surface area contributed by atoms with Crippen LogP contribution in [0, 0.1) is 0 Å². The first kappa shape index (κ1) is 19.2. The number of unbranched alkanes of at least 4 members (excludes halogenated alkanes) is 6. The highest BCUT2D eigenvalue weighted by atomic mass is 15.2. The Morgan fingerprint density at radius 3 is 2.54 bits per heavy atom. The quantitative estimate of drug-likeness (QED) is 0.645. The predicted octanol–water partition coefficient (Wildman–Crippen LogP) is 4.28. The van der Waals surface area contributed by atoms with Gasteiger partial charge in [0.15, 0.2) is 0 Å². The molecule has 0 aromatic carbocycles. The van der Waals surface area contributed by atoms with Crippen LogP contribution in [0.2, 0.25) is 0 Å². The van der Waals surface area contributed by atoms with Crippen LogP contribution in [0.4, 0.5) is 5.82 Å². The molecule has 26 heavy (non-hydrogen) atoms. The molecule has 0 saturated carbocycles. The van der Waals surface area contributed by atoms with E-state index in [9.17, 15) is 0 Å². The lowest BCUT2D eigenvalue weighted by Gasteiger charge is -2.33. The second-order valence-corrected chi connectivity index (χ2v) is 7.70. The molecule has 0 spiro atoms. The topological polar surface area (TPSA) is 46.0 Å². The van der Waals surface area contributed by atoms with Gasteiger partial charge in [-0.3, -0.25) is 0 Å². The molecule has 1 fully saturated rings. The van der Waals surface area contributed by atoms with E-state index in [0.717, 1.165) is 24.6 Å². The van der Waals surface area contributed by atoms with Gasteiger partial charge in [0.2, 0.25) is 0 Å². The van der Waals surface area contributed by atoms with Crippen molar-refractivity contribution in [1.29, 1.82) is 0 Å². The summed E-state index contributed by atoms with van der Waals surface area (Å²) in [4.78, 5) is 11.4. The van der Waals surface area contributed by atoms with Gasteiger partial charge in [-0.05, 0) is 31.9 Å². The maximum absolute atomic E-state index is 4.57. The minimum Gasteiger partial charge on any atom is -0.356 e. The molecule has 0 unspecified atom stereocenters. The van der Waals surface area contributed by atoms with E-state index in [2.05, 4.69) is 43.9 Å². The molecule has 2 aromatic rings. The van der Waals surface area contributed by atoms with Gasteiger partial charge in [0.05, 0.1) is 5.39 Å². The van der Waals surface area contributed by atoms with Crippen LogP contribution in [0.15, 0.2) is 18.6 Å². The molecule has 0 amide bonds. The first-order valence-electron chi connectivity index (χ1n) is 10.5. The maximum atomic E-state index is 4.57. The fourth-order valence-electron chi connectivity index (χ4n) is 4.00. The van der Waals surface area contributed by atoms with Crippen molar-refractivity contribution in [3.05, 3.63) is 18.6 Å². The molecule has 5 nitrogen and oxygen atoms in total. The summed E-state index contributed by atoms with van der Waals surface area (Å²) >= 11 is 0. The molecule has 1 saturated heterocycles. The molecule has 0 aliphatic carbocycles. The average Bonchev–Trinajstić information content (AvgIpc) is 3.06. The van der Waals surface area contributed by atoms with Crippen molar-refractivity contribution in [2.45, 2.75) is 70.8 Å². The van der Waals surface area contributed by atoms with Crippen molar-refractivity contribution >= 4 is 16.9 Å². The normalized spacial score (nSPS) is 15.8. The zero-order chi connectivity index (χ0) is 18.2. The summed E-state index contributed by atoms with van der Waals surface area (Å²) in [6, 6.07) is 2.80. The Bertz CT molecular complexity index is 657. The standard InChI is InChI=1S/C21H35N5/c1-3-4-5-6-7-8-9-13-22-18-10-15-26(16-11-18)21-19-12-14-25(2)20(19)23-17-24-21/h12,14,17-18,22H,3-11,13,15-16H2,1-2H3. The van der Waals surface area contributed by atoms with Gasteiger partial charge < -0.3 is 14.8 Å². The van der Waals surface area contributed by atoms with Crippen molar-refractivity contribution in [2.24, 2.45) is 7.05 Å². The Morgan fingerprint density at radius 2 is 1.77 bits per heavy atom. The lowest BCUT2D eigenvalue weighted by atomic mass is 10.0. The number of nitrogens with zero attached hydrogens (tertiary/aromatic N) is 4. The third kappa shape index (κ3) is 4.97. The highest BCUT2D eigenvalue weighted by Crippen LogP contribution is 2.26. The van der Waals surface area contributed by atoms with E-state index in [4.69, 9.17) is 0 Å². The van der Waals surface area contributed by atoms with Gasteiger partial charge in [-0.1, -0.05) is 45.4 Å². The SMILES string of the molecule is CCCCCCCCCNC1CCN(c2ncnc3c2ccn3C)CC1. The zero-order valence-corrected chi connectivity index (χ0v) is 16.6. The number of fused-ring (bicyclic) bond motifs is 1. The van der Waals surface area contributed by atoms with E-state index in [-0.39, 0.29) is 0 Å². The summed E-state index contributed by atoms with van der Waals surface area (Å²) in [6.07, 6.45) is 15.8. The highest BCUT2D eigenvalue weighted by Gasteiger charge is 2.21. The minimum atomic E-state index is 0.666. The van der Waals surface area contributed by atoms with E-state index in [1.807, 2.05) is 7.05 Å². The molecule has 0 radical (unpaired) electrons. The number of nitrogens with one attached hydrogen (secondary N) is 1. The third-order valence-electron chi connectivity index (χ3n) is 5.65. The van der Waals surface area contributed by atoms with Crippen LogP contribution in [0.25, 0.3) is 11.0 Å². The van der Waals surface area contributed by atoms with E-state index in [1.165, 1.54) is 69.7 Å². The van der Waals surface area contributed by atoms with E-state index < -0.39 is 0 Å². The number of rotatable bonds is 10. The van der Waals surface area contributed by atoms with Gasteiger partial charge in [-0.25, -0.2) is 9.97 Å². The van der Waals surface area contributed by atoms with E-state index in [1.54, 1.807) is 6.33 Å². The molecule has 0 atom stereocenters. The van der Waals surface area contributed by atoms with Crippen LogP contribution in [-0.2, 0) is 7.05 Å². The molecule has 5 heteroatoms. The van der Waals surface area contributed by atoms with Gasteiger partial charge in [0.25, 0.3) is 0 Å². The summed E-state index contributed by atoms with van der Waals surface area (Å²) in [7, 11) is 2.04. The monoisotopic (exact) mass is 357 g/mol. The first-order valence-corrected chi connectivity index (χ1v) is 10.5. The molecule has 1 N–H and O–H groups in total. The third-order valence-corrected chi connectivity index (χ3v) is 5.65. The minimum absolute atomic E-state index is 0.666. The maximum Gasteiger partial charge on any atom is 0.145 e. The summed E-state index contributed by atoms with van der Waals surface area (Å²) < 4.78 is 2.07. The summed E-state index contributed by atoms with van der Waals surface area (Å²) in [5.74, 6) is 1.10. The van der Waals surface area contributed by atoms with Crippen LogP contribution in [-0.4, -0.2) is 40.2 Å². The van der Waals surface area contributed by atoms with Crippen LogP contribution >= 0.6 is 0 Å². The molecule has 144 valence electrons. The number of piperidine rings is 1. The van der Waals surface area contributed by atoms with E-state index in [0.29, 0.717) is 6.04 Å². The van der Waals surface area contributed by atoms with Crippen molar-refractivity contribution in [3.63, 3.8) is 0 Å². The number of anilines is 1. The molecule has 1 aliphatic heterocycles. The molecule has 3 heterocycles. The van der Waals surface area contributed by atoms with Crippen molar-refractivity contribution in [1.82, 2.24) is 19.9 Å². The summed E-state index contributed by atoms with van der Waals surface area (Å²) in [6.45, 7) is 5.61. The molecular weight excluding hydrogens is 322 g/mol. The molecule has 2 aromatic heterocycles. The Labute approximate surface area is 158 Å². The van der Waals surface area contributed by atoms with Gasteiger partial charge in [0, 0.05) is 32.4 Å². The highest BCUT2D eigenvalue weighted by molar-refractivity contribution is 5.87. The number of aromatic nitrogens is 3. The second kappa shape index (κ2) is 9.91. The summed E-state index contributed by atoms with van der Waals surface area (Å²) in [5, 5.41) is 4.94. The summed E-state index contributed by atoms with van der Waals surface area (Å²) in [5.41, 5.74) is 1.02. The molecule has 0 bridgehead atoms. The Balaban J connectivity index is 1.37. The molecular formula is C21H35N5. The Hall–Kier alpha value is -1.62. The van der Waals surface area contributed by atoms with Gasteiger partial charge in [0.1, 0.15) is 17.8 Å². The fourth-order valence-corrected chi connectivity index (χ4v) is 4.00. The van der Waals surface area contributed by atoms with Crippen LogP contribution in [0.3, 0.4) is 0 Å². The van der Waals surface area contributed by atoms with Gasteiger partial charge in [-0.2, -0.15) is 0 Å². The lowest BCUT2D eigenvalue weighted by molar-refractivity contribution is 0.407. The van der Waals surface area contributed by atoms with E-state index >= 15 is 0 Å². The second-order valence-electron chi connectivity index (χ2n) is 7.70. The largest absolute Gasteiger partial charge is 0.356 e. The lowest BCUT2D eigenvalue weighted by Crippen LogP contribution is -2.43. The molecule has 3 rings (SSSR count). The van der Waals surface area contributed by atoms with Gasteiger partial charge in [-0.15, -0.1) is 0 Å². The smallest absolute Gasteiger partial charge is 0.145 e. The van der Waals surface area contributed by atoms with Crippen LogP contribution in [0.5, 0.6) is 0 Å². The van der Waals surface area contributed by atoms with Crippen molar-refractivity contribution < 1.29 is 0 Å².